The molecule has 4 aromatic rings. The number of nitrogens with zero attached hydrogens (tertiary/aromatic N) is 1. The quantitative estimate of drug-likeness (QED) is 0.232. The van der Waals surface area contributed by atoms with Crippen molar-refractivity contribution in [1.29, 1.82) is 0 Å². The second-order valence-corrected chi connectivity index (χ2v) is 11.1. The number of pyridine rings is 1. The highest BCUT2D eigenvalue weighted by Gasteiger charge is 2.22. The van der Waals surface area contributed by atoms with E-state index in [-0.39, 0.29) is 5.91 Å². The van der Waals surface area contributed by atoms with Crippen LogP contribution < -0.4 is 11.1 Å². The highest BCUT2D eigenvalue weighted by atomic mass is 127. The van der Waals surface area contributed by atoms with Crippen molar-refractivity contribution in [3.05, 3.63) is 62.3 Å². The Morgan fingerprint density at radius 1 is 1.09 bits per heavy atom. The average Bonchev–Trinajstić information content (AvgIpc) is 3.25. The molecule has 0 saturated heterocycles. The van der Waals surface area contributed by atoms with E-state index in [4.69, 9.17) is 10.7 Å². The molecule has 170 valence electrons. The topological polar surface area (TPSA) is 83.8 Å². The summed E-state index contributed by atoms with van der Waals surface area (Å²) in [6, 6.07) is 14.1. The van der Waals surface area contributed by atoms with Gasteiger partial charge >= 0.3 is 0 Å². The van der Waals surface area contributed by atoms with Gasteiger partial charge in [-0.3, -0.25) is 4.79 Å². The van der Waals surface area contributed by atoms with Gasteiger partial charge in [0.05, 0.1) is 16.8 Å². The Bertz CT molecular complexity index is 1330. The Kier molecular flexibility index (Phi) is 6.72. The Morgan fingerprint density at radius 3 is 2.67 bits per heavy atom. The summed E-state index contributed by atoms with van der Waals surface area (Å²) >= 11 is 5.85. The van der Waals surface area contributed by atoms with Gasteiger partial charge in [0.25, 0.3) is 5.91 Å². The van der Waals surface area contributed by atoms with Gasteiger partial charge in [-0.1, -0.05) is 15.9 Å². The van der Waals surface area contributed by atoms with Gasteiger partial charge in [-0.15, -0.1) is 0 Å². The Hall–Kier alpha value is -1.97. The Labute approximate surface area is 215 Å². The van der Waals surface area contributed by atoms with Crippen molar-refractivity contribution in [3.8, 4) is 11.3 Å². The number of fused-ring (bicyclic) bond motifs is 2. The molecule has 0 spiro atoms. The molecule has 4 N–H and O–H groups in total. The standard InChI is InChI=1S/C26H26BrIN4O/c27-17-5-7-23-19(9-17)22(14-30-23)25-11-21(20-10-18(28)6-8-24(20)32-25)26(33)31-13-16-3-1-15(12-29)2-4-16/h5-11,14-16,30H,1-4,12-13,29H2,(H,31,33). The third-order valence-corrected chi connectivity index (χ3v) is 7.95. The van der Waals surface area contributed by atoms with Crippen molar-refractivity contribution in [2.45, 2.75) is 25.7 Å². The molecule has 2 heterocycles. The van der Waals surface area contributed by atoms with Gasteiger partial charge in [-0.25, -0.2) is 4.98 Å². The van der Waals surface area contributed by atoms with Crippen LogP contribution in [0.25, 0.3) is 33.1 Å². The summed E-state index contributed by atoms with van der Waals surface area (Å²) in [4.78, 5) is 21.6. The van der Waals surface area contributed by atoms with E-state index in [1.54, 1.807) is 0 Å². The fraction of sp³-hybridized carbons (Fsp3) is 0.308. The molecule has 5 nitrogen and oxygen atoms in total. The molecule has 0 bridgehead atoms. The van der Waals surface area contributed by atoms with E-state index in [2.05, 4.69) is 54.9 Å². The van der Waals surface area contributed by atoms with Crippen LogP contribution in [0, 0.1) is 15.4 Å². The number of carbonyl (C=O) groups is 1. The monoisotopic (exact) mass is 616 g/mol. The maximum Gasteiger partial charge on any atom is 0.252 e. The smallest absolute Gasteiger partial charge is 0.252 e. The molecule has 1 fully saturated rings. The van der Waals surface area contributed by atoms with E-state index in [1.165, 1.54) is 0 Å². The molecule has 1 aliphatic carbocycles. The molecule has 2 aromatic heterocycles. The summed E-state index contributed by atoms with van der Waals surface area (Å²) in [7, 11) is 0. The number of aromatic nitrogens is 2. The zero-order valence-electron chi connectivity index (χ0n) is 18.2. The maximum absolute atomic E-state index is 13.4. The van der Waals surface area contributed by atoms with Crippen LogP contribution >= 0.6 is 38.5 Å². The van der Waals surface area contributed by atoms with Crippen LogP contribution in [0.5, 0.6) is 0 Å². The zero-order valence-corrected chi connectivity index (χ0v) is 21.9. The highest BCUT2D eigenvalue weighted by Crippen LogP contribution is 2.33. The van der Waals surface area contributed by atoms with E-state index in [0.29, 0.717) is 23.9 Å². The minimum Gasteiger partial charge on any atom is -0.360 e. The normalized spacial score (nSPS) is 18.6. The molecule has 0 radical (unpaired) electrons. The number of amides is 1. The van der Waals surface area contributed by atoms with Crippen LogP contribution in [0.15, 0.2) is 53.1 Å². The third kappa shape index (κ3) is 4.81. The molecule has 5 rings (SSSR count). The predicted octanol–water partition coefficient (Wildman–Crippen LogP) is 6.25. The van der Waals surface area contributed by atoms with E-state index >= 15 is 0 Å². The van der Waals surface area contributed by atoms with Crippen LogP contribution in [0.3, 0.4) is 0 Å². The van der Waals surface area contributed by atoms with E-state index in [9.17, 15) is 4.79 Å². The number of aromatic amines is 1. The van der Waals surface area contributed by atoms with Gasteiger partial charge < -0.3 is 16.0 Å². The number of nitrogens with one attached hydrogen (secondary N) is 2. The van der Waals surface area contributed by atoms with Crippen LogP contribution in [-0.2, 0) is 0 Å². The molecule has 1 aliphatic rings. The first kappa shape index (κ1) is 22.8. The van der Waals surface area contributed by atoms with Gasteiger partial charge in [-0.05, 0) is 109 Å². The lowest BCUT2D eigenvalue weighted by Crippen LogP contribution is -2.32. The Morgan fingerprint density at radius 2 is 1.88 bits per heavy atom. The molecular formula is C26H26BrIN4O. The van der Waals surface area contributed by atoms with Crippen molar-refractivity contribution < 1.29 is 4.79 Å². The summed E-state index contributed by atoms with van der Waals surface area (Å²) in [5, 5.41) is 5.18. The highest BCUT2D eigenvalue weighted by molar-refractivity contribution is 14.1. The zero-order chi connectivity index (χ0) is 22.9. The first-order valence-corrected chi connectivity index (χ1v) is 13.2. The lowest BCUT2D eigenvalue weighted by molar-refractivity contribution is 0.0943. The number of benzene rings is 2. The number of hydrogen-bond acceptors (Lipinski definition) is 3. The van der Waals surface area contributed by atoms with Crippen molar-refractivity contribution in [2.75, 3.05) is 13.1 Å². The summed E-state index contributed by atoms with van der Waals surface area (Å²) < 4.78 is 2.09. The third-order valence-electron chi connectivity index (χ3n) is 6.79. The van der Waals surface area contributed by atoms with E-state index < -0.39 is 0 Å². The molecule has 1 amide bonds. The number of carbonyl (C=O) groups excluding carboxylic acids is 1. The van der Waals surface area contributed by atoms with Gasteiger partial charge in [0.2, 0.25) is 0 Å². The first-order valence-electron chi connectivity index (χ1n) is 11.4. The SMILES string of the molecule is NCC1CCC(CNC(=O)c2cc(-c3c[nH]c4ccc(Br)cc34)nc3ccc(I)cc23)CC1. The van der Waals surface area contributed by atoms with Crippen LogP contribution in [0.1, 0.15) is 36.0 Å². The molecule has 7 heteroatoms. The van der Waals surface area contributed by atoms with Gasteiger partial charge in [0, 0.05) is 42.6 Å². The van der Waals surface area contributed by atoms with Gasteiger partial charge in [0.1, 0.15) is 0 Å². The summed E-state index contributed by atoms with van der Waals surface area (Å²) in [6.07, 6.45) is 6.55. The van der Waals surface area contributed by atoms with Crippen LogP contribution in [0.4, 0.5) is 0 Å². The molecule has 33 heavy (non-hydrogen) atoms. The molecule has 0 atom stereocenters. The maximum atomic E-state index is 13.4. The second-order valence-electron chi connectivity index (χ2n) is 8.94. The van der Waals surface area contributed by atoms with Crippen LogP contribution in [0.2, 0.25) is 0 Å². The number of halogens is 2. The minimum absolute atomic E-state index is 0.0346. The fourth-order valence-corrected chi connectivity index (χ4v) is 5.68. The van der Waals surface area contributed by atoms with Gasteiger partial charge in [-0.2, -0.15) is 0 Å². The van der Waals surface area contributed by atoms with Crippen molar-refractivity contribution in [1.82, 2.24) is 15.3 Å². The average molecular weight is 617 g/mol. The first-order chi connectivity index (χ1) is 16.0. The molecule has 2 aromatic carbocycles. The van der Waals surface area contributed by atoms with Gasteiger partial charge in [0.15, 0.2) is 0 Å². The second kappa shape index (κ2) is 9.72. The van der Waals surface area contributed by atoms with Crippen molar-refractivity contribution >= 4 is 66.2 Å². The lowest BCUT2D eigenvalue weighted by Gasteiger charge is -2.27. The number of H-pyrrole nitrogens is 1. The minimum atomic E-state index is -0.0346. The van der Waals surface area contributed by atoms with E-state index in [1.807, 2.05) is 42.6 Å². The predicted molar refractivity (Wildman–Crippen MR) is 146 cm³/mol. The molecule has 0 unspecified atom stereocenters. The molecule has 0 aliphatic heterocycles. The summed E-state index contributed by atoms with van der Waals surface area (Å²) in [5.41, 5.74) is 10.1. The number of nitrogens with two attached hydrogens (primary N) is 1. The number of rotatable bonds is 5. The van der Waals surface area contributed by atoms with Crippen molar-refractivity contribution in [2.24, 2.45) is 17.6 Å². The largest absolute Gasteiger partial charge is 0.360 e. The summed E-state index contributed by atoms with van der Waals surface area (Å²) in [6.45, 7) is 1.48. The summed E-state index contributed by atoms with van der Waals surface area (Å²) in [5.74, 6) is 1.13. The van der Waals surface area contributed by atoms with Crippen LogP contribution in [-0.4, -0.2) is 29.0 Å². The number of hydrogen-bond donors (Lipinski definition) is 3. The fourth-order valence-electron chi connectivity index (χ4n) is 4.83. The molecule has 1 saturated carbocycles. The Balaban J connectivity index is 1.48. The van der Waals surface area contributed by atoms with Crippen molar-refractivity contribution in [3.63, 3.8) is 0 Å². The molecular weight excluding hydrogens is 591 g/mol. The van der Waals surface area contributed by atoms with E-state index in [0.717, 1.165) is 73.3 Å². The lowest BCUT2D eigenvalue weighted by atomic mass is 9.82.